The fraction of sp³-hybridized carbons (Fsp3) is 0.395. The van der Waals surface area contributed by atoms with Crippen molar-refractivity contribution in [3.8, 4) is 6.07 Å². The van der Waals surface area contributed by atoms with E-state index in [9.17, 15) is 29.2 Å². The molecule has 1 aromatic heterocycles. The van der Waals surface area contributed by atoms with E-state index in [-0.39, 0.29) is 24.2 Å². The highest BCUT2D eigenvalue weighted by molar-refractivity contribution is 7.99. The van der Waals surface area contributed by atoms with Crippen molar-refractivity contribution in [3.63, 3.8) is 0 Å². The van der Waals surface area contributed by atoms with E-state index >= 15 is 0 Å². The molecule has 1 aliphatic carbocycles. The standard InChI is InChI=1S/C43H44N6O6S/c1-4-25-21-29-30(43(2,3)39-37(38(29)51)27-9-8-24(23-44)20-31(27)46-39)22-33(25)48-15-12-26(13-16-48)45-14-17-55-18-19-56-34-7-5-6-28-36(34)42(54)49(41(28)53)32-10-11-35(50)47-40(32)52/h5-9,20-22,26,32,45-46H,4,10-19H2,1-3H3,(H,47,50,52). The smallest absolute Gasteiger partial charge is 0.263 e. The number of piperidine rings is 2. The Balaban J connectivity index is 0.827. The number of carbonyl (C=O) groups excluding carboxylic acids is 5. The van der Waals surface area contributed by atoms with Crippen LogP contribution in [0, 0.1) is 11.3 Å². The second kappa shape index (κ2) is 15.0. The zero-order valence-corrected chi connectivity index (χ0v) is 32.6. The van der Waals surface area contributed by atoms with Gasteiger partial charge < -0.3 is 19.9 Å². The lowest BCUT2D eigenvalue weighted by atomic mass is 9.70. The van der Waals surface area contributed by atoms with Crippen molar-refractivity contribution < 1.29 is 28.7 Å². The number of nitrogens with one attached hydrogen (secondary N) is 3. The van der Waals surface area contributed by atoms with Crippen molar-refractivity contribution in [2.45, 2.75) is 75.3 Å². The molecule has 1 atom stereocenters. The topological polar surface area (TPSA) is 165 Å². The first-order valence-corrected chi connectivity index (χ1v) is 20.3. The quantitative estimate of drug-likeness (QED) is 0.104. The Morgan fingerprint density at radius 3 is 2.52 bits per heavy atom. The Labute approximate surface area is 329 Å². The maximum Gasteiger partial charge on any atom is 0.263 e. The maximum atomic E-state index is 14.1. The Bertz CT molecular complexity index is 2350. The number of aromatic amines is 1. The normalized spacial score (nSPS) is 19.2. The number of hydrogen-bond acceptors (Lipinski definition) is 10. The molecule has 12 nitrogen and oxygen atoms in total. The van der Waals surface area contributed by atoms with E-state index in [4.69, 9.17) is 4.74 Å². The van der Waals surface area contributed by atoms with Crippen LogP contribution >= 0.6 is 11.8 Å². The van der Waals surface area contributed by atoms with Crippen LogP contribution in [-0.2, 0) is 26.2 Å². The zero-order chi connectivity index (χ0) is 39.3. The molecule has 288 valence electrons. The minimum Gasteiger partial charge on any atom is -0.379 e. The Morgan fingerprint density at radius 2 is 1.77 bits per heavy atom. The van der Waals surface area contributed by atoms with Gasteiger partial charge in [0.1, 0.15) is 6.04 Å². The van der Waals surface area contributed by atoms with E-state index in [1.165, 1.54) is 23.0 Å². The Kier molecular flexibility index (Phi) is 10.1. The summed E-state index contributed by atoms with van der Waals surface area (Å²) in [6, 6.07) is 16.5. The van der Waals surface area contributed by atoms with E-state index in [1.54, 1.807) is 24.3 Å². The molecule has 1 unspecified atom stereocenters. The number of thioether (sulfide) groups is 1. The van der Waals surface area contributed by atoms with E-state index in [0.29, 0.717) is 53.1 Å². The van der Waals surface area contributed by atoms with Gasteiger partial charge in [-0.2, -0.15) is 5.26 Å². The van der Waals surface area contributed by atoms with Gasteiger partial charge in [-0.1, -0.05) is 32.9 Å². The van der Waals surface area contributed by atoms with Crippen molar-refractivity contribution in [2.75, 3.05) is 43.5 Å². The highest BCUT2D eigenvalue weighted by Crippen LogP contribution is 2.46. The Hall–Kier alpha value is -5.29. The van der Waals surface area contributed by atoms with Crippen molar-refractivity contribution in [1.82, 2.24) is 20.5 Å². The van der Waals surface area contributed by atoms with Gasteiger partial charge in [0.15, 0.2) is 5.78 Å². The molecule has 0 radical (unpaired) electrons. The third kappa shape index (κ3) is 6.49. The molecule has 2 saturated heterocycles. The van der Waals surface area contributed by atoms with Crippen molar-refractivity contribution in [2.24, 2.45) is 0 Å². The summed E-state index contributed by atoms with van der Waals surface area (Å²) in [7, 11) is 0. The van der Waals surface area contributed by atoms with E-state index in [2.05, 4.69) is 59.5 Å². The fourth-order valence-corrected chi connectivity index (χ4v) is 9.67. The largest absolute Gasteiger partial charge is 0.379 e. The zero-order valence-electron chi connectivity index (χ0n) is 31.8. The van der Waals surface area contributed by atoms with Crippen molar-refractivity contribution >= 4 is 57.8 Å². The van der Waals surface area contributed by atoms with Gasteiger partial charge in [-0.25, -0.2) is 0 Å². The molecule has 4 amide bonds. The summed E-state index contributed by atoms with van der Waals surface area (Å²) in [5, 5.41) is 16.2. The van der Waals surface area contributed by atoms with Crippen LogP contribution in [0.15, 0.2) is 53.4 Å². The molecule has 3 N–H and O–H groups in total. The van der Waals surface area contributed by atoms with E-state index in [0.717, 1.165) is 65.0 Å². The summed E-state index contributed by atoms with van der Waals surface area (Å²) in [5.74, 6) is -1.42. The van der Waals surface area contributed by atoms with Gasteiger partial charge in [-0.3, -0.25) is 34.2 Å². The molecule has 13 heteroatoms. The number of rotatable bonds is 11. The summed E-state index contributed by atoms with van der Waals surface area (Å²) in [6.07, 6.45) is 2.98. The summed E-state index contributed by atoms with van der Waals surface area (Å²) in [4.78, 5) is 72.2. The summed E-state index contributed by atoms with van der Waals surface area (Å²) < 4.78 is 5.93. The number of nitriles is 1. The molecule has 2 fully saturated rings. The molecule has 0 spiro atoms. The van der Waals surface area contributed by atoms with Crippen LogP contribution in [0.25, 0.3) is 10.9 Å². The average molecular weight is 773 g/mol. The number of fused-ring (bicyclic) bond motifs is 5. The summed E-state index contributed by atoms with van der Waals surface area (Å²) >= 11 is 1.44. The van der Waals surface area contributed by atoms with E-state index in [1.807, 2.05) is 12.1 Å². The van der Waals surface area contributed by atoms with E-state index < -0.39 is 35.1 Å². The number of aryl methyl sites for hydroxylation is 1. The summed E-state index contributed by atoms with van der Waals surface area (Å²) in [5.41, 5.74) is 7.27. The molecule has 3 aromatic carbocycles. The van der Waals surface area contributed by atoms with Gasteiger partial charge in [0, 0.05) is 76.0 Å². The molecule has 56 heavy (non-hydrogen) atoms. The highest BCUT2D eigenvalue weighted by atomic mass is 32.2. The Morgan fingerprint density at radius 1 is 0.964 bits per heavy atom. The van der Waals surface area contributed by atoms with Crippen LogP contribution < -0.4 is 15.5 Å². The average Bonchev–Trinajstić information content (AvgIpc) is 3.71. The lowest BCUT2D eigenvalue weighted by Gasteiger charge is -2.38. The molecule has 8 rings (SSSR count). The molecule has 4 aromatic rings. The number of anilines is 1. The molecular formula is C43H44N6O6S. The number of ketones is 1. The van der Waals surface area contributed by atoms with Crippen LogP contribution in [0.3, 0.4) is 0 Å². The maximum absolute atomic E-state index is 14.1. The van der Waals surface area contributed by atoms with Crippen molar-refractivity contribution in [1.29, 1.82) is 5.26 Å². The second-order valence-corrected chi connectivity index (χ2v) is 16.5. The lowest BCUT2D eigenvalue weighted by Crippen LogP contribution is -2.54. The molecule has 3 aliphatic heterocycles. The second-order valence-electron chi connectivity index (χ2n) is 15.4. The van der Waals surface area contributed by atoms with Crippen LogP contribution in [0.5, 0.6) is 0 Å². The van der Waals surface area contributed by atoms with Gasteiger partial charge in [0.2, 0.25) is 11.8 Å². The molecule has 4 heterocycles. The third-order valence-corrected chi connectivity index (χ3v) is 12.7. The first kappa shape index (κ1) is 37.6. The van der Waals surface area contributed by atoms with Gasteiger partial charge in [0.25, 0.3) is 11.8 Å². The summed E-state index contributed by atoms with van der Waals surface area (Å²) in [6.45, 7) is 9.98. The predicted octanol–water partition coefficient (Wildman–Crippen LogP) is 5.24. The van der Waals surface area contributed by atoms with Gasteiger partial charge in [-0.05, 0) is 73.2 Å². The van der Waals surface area contributed by atoms with Gasteiger partial charge in [0.05, 0.1) is 41.5 Å². The number of hydrogen-bond donors (Lipinski definition) is 3. The SMILES string of the molecule is CCc1cc2c(cc1N1CCC(NCCOCCSc3cccc4c3C(=O)N(C3CCC(=O)NC3=O)C4=O)CC1)C(C)(C)c1[nH]c3cc(C#N)ccc3c1C2=O. The van der Waals surface area contributed by atoms with Crippen LogP contribution in [-0.4, -0.2) is 90.0 Å². The minimum absolute atomic E-state index is 0.0313. The molecule has 0 bridgehead atoms. The number of ether oxygens (including phenoxy) is 1. The first-order valence-electron chi connectivity index (χ1n) is 19.3. The minimum atomic E-state index is -0.991. The predicted molar refractivity (Wildman–Crippen MR) is 212 cm³/mol. The van der Waals surface area contributed by atoms with Crippen molar-refractivity contribution in [3.05, 3.63) is 93.2 Å². The van der Waals surface area contributed by atoms with Crippen LogP contribution in [0.4, 0.5) is 5.69 Å². The molecule has 4 aliphatic rings. The number of benzene rings is 3. The fourth-order valence-electron chi connectivity index (χ4n) is 8.73. The first-order chi connectivity index (χ1) is 27.0. The number of amides is 4. The highest BCUT2D eigenvalue weighted by Gasteiger charge is 2.46. The number of aromatic nitrogens is 1. The number of carbonyl (C=O) groups is 5. The monoisotopic (exact) mass is 772 g/mol. The van der Waals surface area contributed by atoms with Crippen LogP contribution in [0.1, 0.15) is 105 Å². The lowest BCUT2D eigenvalue weighted by molar-refractivity contribution is -0.136. The molecule has 0 saturated carbocycles. The number of imide groups is 2. The van der Waals surface area contributed by atoms with Gasteiger partial charge >= 0.3 is 0 Å². The molecular weight excluding hydrogens is 729 g/mol. The number of nitrogens with zero attached hydrogens (tertiary/aromatic N) is 3. The van der Waals surface area contributed by atoms with Gasteiger partial charge in [-0.15, -0.1) is 11.8 Å². The number of H-pyrrole nitrogens is 1. The van der Waals surface area contributed by atoms with Crippen LogP contribution in [0.2, 0.25) is 0 Å². The third-order valence-electron chi connectivity index (χ3n) is 11.7.